The molecule has 1 atom stereocenters. The van der Waals surface area contributed by atoms with Gasteiger partial charge in [0, 0.05) is 25.6 Å². The first-order valence-electron chi connectivity index (χ1n) is 7.49. The Hall–Kier alpha value is -1.32. The van der Waals surface area contributed by atoms with E-state index in [4.69, 9.17) is 0 Å². The van der Waals surface area contributed by atoms with Gasteiger partial charge in [-0.2, -0.15) is 0 Å². The van der Waals surface area contributed by atoms with Crippen molar-refractivity contribution >= 4 is 11.8 Å². The third kappa shape index (κ3) is 2.99. The minimum Gasteiger partial charge on any atom is -0.352 e. The van der Waals surface area contributed by atoms with E-state index >= 15 is 0 Å². The van der Waals surface area contributed by atoms with Crippen molar-refractivity contribution in [2.24, 2.45) is 5.92 Å². The van der Waals surface area contributed by atoms with Crippen molar-refractivity contribution in [2.75, 3.05) is 13.1 Å². The van der Waals surface area contributed by atoms with Crippen LogP contribution < -0.4 is 5.32 Å². The predicted octanol–water partition coefficient (Wildman–Crippen LogP) is 1.61. The molecule has 2 aliphatic carbocycles. The normalized spacial score (nSPS) is 27.4. The molecule has 1 saturated carbocycles. The molecule has 3 rings (SSSR count). The Bertz CT molecular complexity index is 412. The van der Waals surface area contributed by atoms with Gasteiger partial charge in [-0.3, -0.25) is 9.59 Å². The van der Waals surface area contributed by atoms with Crippen LogP contribution in [0.3, 0.4) is 0 Å². The monoisotopic (exact) mass is 262 g/mol. The summed E-state index contributed by atoms with van der Waals surface area (Å²) < 4.78 is 0. The summed E-state index contributed by atoms with van der Waals surface area (Å²) in [6, 6.07) is 0.436. The van der Waals surface area contributed by atoms with E-state index in [1.54, 1.807) is 0 Å². The largest absolute Gasteiger partial charge is 0.352 e. The lowest BCUT2D eigenvalue weighted by molar-refractivity contribution is -0.129. The van der Waals surface area contributed by atoms with Gasteiger partial charge in [0.2, 0.25) is 11.8 Å². The highest BCUT2D eigenvalue weighted by atomic mass is 16.2. The van der Waals surface area contributed by atoms with Gasteiger partial charge < -0.3 is 10.2 Å². The van der Waals surface area contributed by atoms with Gasteiger partial charge in [0.15, 0.2) is 0 Å². The highest BCUT2D eigenvalue weighted by Gasteiger charge is 2.41. The summed E-state index contributed by atoms with van der Waals surface area (Å²) in [7, 11) is 0. The van der Waals surface area contributed by atoms with Crippen molar-refractivity contribution in [1.29, 1.82) is 0 Å². The van der Waals surface area contributed by atoms with E-state index in [0.717, 1.165) is 25.7 Å². The van der Waals surface area contributed by atoms with Crippen molar-refractivity contribution in [2.45, 2.75) is 51.0 Å². The van der Waals surface area contributed by atoms with Gasteiger partial charge in [0.25, 0.3) is 0 Å². The molecule has 4 nitrogen and oxygen atoms in total. The van der Waals surface area contributed by atoms with Gasteiger partial charge in [-0.05, 0) is 38.5 Å². The summed E-state index contributed by atoms with van der Waals surface area (Å²) in [6.45, 7) is 1.31. The van der Waals surface area contributed by atoms with E-state index < -0.39 is 0 Å². The number of carbonyl (C=O) groups is 2. The average molecular weight is 262 g/mol. The standard InChI is InChI=1S/C15H22N2O2/c18-14-8-12(10-17(14)13-6-7-13)15(19)16-9-11-4-2-1-3-5-11/h4,12-13H,1-3,5-10H2,(H,16,19). The lowest BCUT2D eigenvalue weighted by Crippen LogP contribution is -2.34. The molecule has 4 heteroatoms. The van der Waals surface area contributed by atoms with Crippen molar-refractivity contribution in [3.8, 4) is 0 Å². The van der Waals surface area contributed by atoms with E-state index in [1.165, 1.54) is 18.4 Å². The number of allylic oxidation sites excluding steroid dienone is 1. The van der Waals surface area contributed by atoms with Crippen molar-refractivity contribution in [1.82, 2.24) is 10.2 Å². The van der Waals surface area contributed by atoms with Crippen LogP contribution in [0.5, 0.6) is 0 Å². The van der Waals surface area contributed by atoms with E-state index in [1.807, 2.05) is 4.90 Å². The Morgan fingerprint density at radius 1 is 1.37 bits per heavy atom. The zero-order chi connectivity index (χ0) is 13.2. The minimum atomic E-state index is -0.128. The molecule has 19 heavy (non-hydrogen) atoms. The summed E-state index contributed by atoms with van der Waals surface area (Å²) in [5.41, 5.74) is 1.35. The summed E-state index contributed by atoms with van der Waals surface area (Å²) in [5, 5.41) is 3.01. The van der Waals surface area contributed by atoms with E-state index in [-0.39, 0.29) is 17.7 Å². The highest BCUT2D eigenvalue weighted by molar-refractivity contribution is 5.89. The highest BCUT2D eigenvalue weighted by Crippen LogP contribution is 2.32. The number of carbonyl (C=O) groups excluding carboxylic acids is 2. The molecule has 0 aromatic carbocycles. The van der Waals surface area contributed by atoms with Gasteiger partial charge in [0.1, 0.15) is 0 Å². The fraction of sp³-hybridized carbons (Fsp3) is 0.733. The zero-order valence-corrected chi connectivity index (χ0v) is 11.4. The predicted molar refractivity (Wildman–Crippen MR) is 72.4 cm³/mol. The fourth-order valence-corrected chi connectivity index (χ4v) is 3.06. The Kier molecular flexibility index (Phi) is 3.58. The number of amides is 2. The first kappa shape index (κ1) is 12.7. The molecule has 1 saturated heterocycles. The van der Waals surface area contributed by atoms with Gasteiger partial charge in [-0.25, -0.2) is 0 Å². The molecule has 1 N–H and O–H groups in total. The SMILES string of the molecule is O=C(NCC1=CCCCC1)C1CC(=O)N(C2CC2)C1. The molecule has 3 aliphatic rings. The van der Waals surface area contributed by atoms with Crippen LogP contribution in [0, 0.1) is 5.92 Å². The molecule has 104 valence electrons. The Morgan fingerprint density at radius 2 is 2.21 bits per heavy atom. The number of nitrogens with zero attached hydrogens (tertiary/aromatic N) is 1. The zero-order valence-electron chi connectivity index (χ0n) is 11.4. The Balaban J connectivity index is 1.48. The summed E-state index contributed by atoms with van der Waals surface area (Å²) >= 11 is 0. The summed E-state index contributed by atoms with van der Waals surface area (Å²) in [6.07, 6.45) is 9.64. The van der Waals surface area contributed by atoms with Crippen LogP contribution in [0.4, 0.5) is 0 Å². The third-order valence-corrected chi connectivity index (χ3v) is 4.39. The molecule has 1 heterocycles. The molecule has 0 radical (unpaired) electrons. The molecular formula is C15H22N2O2. The Labute approximate surface area is 114 Å². The van der Waals surface area contributed by atoms with Crippen molar-refractivity contribution in [3.63, 3.8) is 0 Å². The quantitative estimate of drug-likeness (QED) is 0.783. The lowest BCUT2D eigenvalue weighted by atomic mass is 9.99. The summed E-state index contributed by atoms with van der Waals surface area (Å²) in [5.74, 6) is 0.0970. The molecule has 0 aromatic rings. The van der Waals surface area contributed by atoms with E-state index in [0.29, 0.717) is 25.6 Å². The average Bonchev–Trinajstić information content (AvgIpc) is 3.20. The second-order valence-corrected chi connectivity index (χ2v) is 6.00. The number of hydrogen-bond donors (Lipinski definition) is 1. The second kappa shape index (κ2) is 5.35. The van der Waals surface area contributed by atoms with Crippen LogP contribution in [0.1, 0.15) is 44.9 Å². The van der Waals surface area contributed by atoms with Gasteiger partial charge >= 0.3 is 0 Å². The van der Waals surface area contributed by atoms with Crippen molar-refractivity contribution in [3.05, 3.63) is 11.6 Å². The molecule has 2 fully saturated rings. The van der Waals surface area contributed by atoms with E-state index in [9.17, 15) is 9.59 Å². The molecule has 0 spiro atoms. The molecule has 1 unspecified atom stereocenters. The van der Waals surface area contributed by atoms with Crippen LogP contribution in [0.25, 0.3) is 0 Å². The summed E-state index contributed by atoms with van der Waals surface area (Å²) in [4.78, 5) is 25.8. The second-order valence-electron chi connectivity index (χ2n) is 6.00. The van der Waals surface area contributed by atoms with Crippen LogP contribution in [-0.2, 0) is 9.59 Å². The third-order valence-electron chi connectivity index (χ3n) is 4.39. The van der Waals surface area contributed by atoms with E-state index in [2.05, 4.69) is 11.4 Å². The van der Waals surface area contributed by atoms with Gasteiger partial charge in [-0.15, -0.1) is 0 Å². The minimum absolute atomic E-state index is 0.0583. The smallest absolute Gasteiger partial charge is 0.225 e. The van der Waals surface area contributed by atoms with Gasteiger partial charge in [-0.1, -0.05) is 11.6 Å². The molecule has 2 amide bonds. The number of rotatable bonds is 4. The number of likely N-dealkylation sites (tertiary alicyclic amines) is 1. The Morgan fingerprint density at radius 3 is 2.89 bits per heavy atom. The number of hydrogen-bond acceptors (Lipinski definition) is 2. The van der Waals surface area contributed by atoms with Crippen LogP contribution in [-0.4, -0.2) is 35.8 Å². The first-order valence-corrected chi connectivity index (χ1v) is 7.49. The van der Waals surface area contributed by atoms with Crippen LogP contribution >= 0.6 is 0 Å². The lowest BCUT2D eigenvalue weighted by Gasteiger charge is -2.17. The maximum absolute atomic E-state index is 12.1. The molecule has 0 aromatic heterocycles. The van der Waals surface area contributed by atoms with Crippen LogP contribution in [0.2, 0.25) is 0 Å². The molecule has 0 bridgehead atoms. The molecule has 1 aliphatic heterocycles. The van der Waals surface area contributed by atoms with Gasteiger partial charge in [0.05, 0.1) is 5.92 Å². The maximum atomic E-state index is 12.1. The topological polar surface area (TPSA) is 49.4 Å². The fourth-order valence-electron chi connectivity index (χ4n) is 3.06. The molecular weight excluding hydrogens is 240 g/mol. The van der Waals surface area contributed by atoms with Crippen LogP contribution in [0.15, 0.2) is 11.6 Å². The number of nitrogens with one attached hydrogen (secondary N) is 1. The maximum Gasteiger partial charge on any atom is 0.225 e. The van der Waals surface area contributed by atoms with Crippen molar-refractivity contribution < 1.29 is 9.59 Å². The first-order chi connectivity index (χ1) is 9.24.